The molecule has 1 amide bonds. The molecule has 0 aliphatic carbocycles. The number of hydrogen-bond donors (Lipinski definition) is 2. The molecule has 142 valence electrons. The van der Waals surface area contributed by atoms with Crippen molar-refractivity contribution in [1.82, 2.24) is 10.0 Å². The Kier molecular flexibility index (Phi) is 8.59. The maximum absolute atomic E-state index is 12.1. The highest BCUT2D eigenvalue weighted by Crippen LogP contribution is 2.12. The van der Waals surface area contributed by atoms with Crippen molar-refractivity contribution in [3.63, 3.8) is 0 Å². The number of rotatable bonds is 10. The van der Waals surface area contributed by atoms with Crippen LogP contribution in [0.2, 0.25) is 0 Å². The molecule has 0 aliphatic heterocycles. The Morgan fingerprint density at radius 1 is 1.00 bits per heavy atom. The summed E-state index contributed by atoms with van der Waals surface area (Å²) in [5.41, 5.74) is 1.92. The number of amides is 1. The number of unbranched alkanes of at least 4 members (excludes halogenated alkanes) is 2. The van der Waals surface area contributed by atoms with Crippen molar-refractivity contribution in [2.45, 2.75) is 64.5 Å². The fraction of sp³-hybridized carbons (Fsp3) is 0.632. The van der Waals surface area contributed by atoms with E-state index in [1.165, 1.54) is 5.56 Å². The van der Waals surface area contributed by atoms with Gasteiger partial charge in [0.1, 0.15) is 0 Å². The fourth-order valence-electron chi connectivity index (χ4n) is 2.18. The van der Waals surface area contributed by atoms with Gasteiger partial charge in [-0.1, -0.05) is 25.5 Å². The molecule has 1 rings (SSSR count). The molecule has 1 aromatic carbocycles. The summed E-state index contributed by atoms with van der Waals surface area (Å²) in [6.07, 6.45) is 4.78. The molecule has 5 nitrogen and oxygen atoms in total. The van der Waals surface area contributed by atoms with E-state index < -0.39 is 14.8 Å². The van der Waals surface area contributed by atoms with Gasteiger partial charge >= 0.3 is 0 Å². The van der Waals surface area contributed by atoms with Gasteiger partial charge in [-0.05, 0) is 64.2 Å². The van der Waals surface area contributed by atoms with Crippen molar-refractivity contribution in [1.29, 1.82) is 0 Å². The van der Waals surface area contributed by atoms with Crippen LogP contribution in [-0.2, 0) is 16.4 Å². The van der Waals surface area contributed by atoms with Crippen LogP contribution in [0.5, 0.6) is 0 Å². The summed E-state index contributed by atoms with van der Waals surface area (Å²) in [5, 5.41) is 2.87. The summed E-state index contributed by atoms with van der Waals surface area (Å²) in [4.78, 5) is 12.1. The van der Waals surface area contributed by atoms with Gasteiger partial charge in [0.15, 0.2) is 0 Å². The number of benzene rings is 1. The van der Waals surface area contributed by atoms with Gasteiger partial charge in [0, 0.05) is 18.7 Å². The Labute approximate surface area is 152 Å². The van der Waals surface area contributed by atoms with Gasteiger partial charge in [-0.2, -0.15) is 0 Å². The van der Waals surface area contributed by atoms with Gasteiger partial charge in [-0.25, -0.2) is 13.1 Å². The van der Waals surface area contributed by atoms with Gasteiger partial charge in [0.2, 0.25) is 10.0 Å². The zero-order valence-electron chi connectivity index (χ0n) is 15.9. The van der Waals surface area contributed by atoms with Crippen molar-refractivity contribution in [2.75, 3.05) is 13.1 Å². The average Bonchev–Trinajstić information content (AvgIpc) is 2.55. The molecule has 0 saturated heterocycles. The number of sulfonamides is 1. The van der Waals surface area contributed by atoms with Gasteiger partial charge in [-0.3, -0.25) is 4.79 Å². The lowest BCUT2D eigenvalue weighted by Crippen LogP contribution is -2.39. The lowest BCUT2D eigenvalue weighted by molar-refractivity contribution is 0.0953. The number of carbonyl (C=O) groups excluding carboxylic acids is 1. The summed E-state index contributed by atoms with van der Waals surface area (Å²) in [5.74, 6) is -0.0858. The van der Waals surface area contributed by atoms with Crippen LogP contribution >= 0.6 is 0 Å². The van der Waals surface area contributed by atoms with Gasteiger partial charge in [0.05, 0.1) is 4.75 Å². The van der Waals surface area contributed by atoms with Crippen LogP contribution in [0.3, 0.4) is 0 Å². The van der Waals surface area contributed by atoms with E-state index in [2.05, 4.69) is 17.0 Å². The molecule has 1 aromatic rings. The molecular weight excluding hydrogens is 336 g/mol. The van der Waals surface area contributed by atoms with Gasteiger partial charge in [0.25, 0.3) is 5.91 Å². The third kappa shape index (κ3) is 7.57. The third-order valence-electron chi connectivity index (χ3n) is 4.02. The Bertz CT molecular complexity index is 632. The van der Waals surface area contributed by atoms with Crippen LogP contribution in [0, 0.1) is 0 Å². The van der Waals surface area contributed by atoms with Crippen molar-refractivity contribution < 1.29 is 13.2 Å². The summed E-state index contributed by atoms with van der Waals surface area (Å²) in [6, 6.07) is 7.73. The van der Waals surface area contributed by atoms with Crippen LogP contribution in [0.4, 0.5) is 0 Å². The molecule has 0 spiro atoms. The van der Waals surface area contributed by atoms with E-state index in [1.807, 2.05) is 24.3 Å². The Morgan fingerprint density at radius 2 is 1.60 bits per heavy atom. The zero-order valence-corrected chi connectivity index (χ0v) is 16.7. The third-order valence-corrected chi connectivity index (χ3v) is 6.22. The van der Waals surface area contributed by atoms with E-state index in [9.17, 15) is 13.2 Å². The number of hydrogen-bond acceptors (Lipinski definition) is 3. The molecule has 0 bridgehead atoms. The molecule has 0 radical (unpaired) electrons. The first-order valence-electron chi connectivity index (χ1n) is 9.03. The zero-order chi connectivity index (χ0) is 18.9. The van der Waals surface area contributed by atoms with E-state index in [0.717, 1.165) is 25.7 Å². The molecule has 2 N–H and O–H groups in total. The first kappa shape index (κ1) is 21.6. The molecule has 25 heavy (non-hydrogen) atoms. The first-order valence-corrected chi connectivity index (χ1v) is 10.5. The Balaban J connectivity index is 2.27. The largest absolute Gasteiger partial charge is 0.352 e. The fourth-order valence-corrected chi connectivity index (χ4v) is 3.03. The van der Waals surface area contributed by atoms with Crippen LogP contribution in [-0.4, -0.2) is 32.2 Å². The summed E-state index contributed by atoms with van der Waals surface area (Å²) in [7, 11) is -3.29. The highest BCUT2D eigenvalue weighted by atomic mass is 32.2. The minimum absolute atomic E-state index is 0.0858. The van der Waals surface area contributed by atoms with Crippen molar-refractivity contribution in [2.24, 2.45) is 0 Å². The van der Waals surface area contributed by atoms with E-state index in [1.54, 1.807) is 20.8 Å². The molecular formula is C19H32N2O3S. The van der Waals surface area contributed by atoms with E-state index in [-0.39, 0.29) is 5.91 Å². The summed E-state index contributed by atoms with van der Waals surface area (Å²) >= 11 is 0. The lowest BCUT2D eigenvalue weighted by atomic mass is 10.1. The molecule has 0 aromatic heterocycles. The molecule has 6 heteroatoms. The monoisotopic (exact) mass is 368 g/mol. The van der Waals surface area contributed by atoms with E-state index in [0.29, 0.717) is 25.1 Å². The lowest BCUT2D eigenvalue weighted by Gasteiger charge is -2.19. The molecule has 0 heterocycles. The standard InChI is InChI=1S/C19H32N2O3S/c1-5-6-9-16-10-12-17(13-11-16)18(22)20-14-7-8-15-21-25(23,24)19(2,3)4/h10-13,21H,5-9,14-15H2,1-4H3,(H,20,22). The Morgan fingerprint density at radius 3 is 2.16 bits per heavy atom. The average molecular weight is 369 g/mol. The highest BCUT2D eigenvalue weighted by Gasteiger charge is 2.27. The van der Waals surface area contributed by atoms with Crippen LogP contribution in [0.1, 0.15) is 69.3 Å². The highest BCUT2D eigenvalue weighted by molar-refractivity contribution is 7.90. The topological polar surface area (TPSA) is 75.3 Å². The molecule has 0 saturated carbocycles. The molecule has 0 unspecified atom stereocenters. The maximum Gasteiger partial charge on any atom is 0.251 e. The minimum Gasteiger partial charge on any atom is -0.352 e. The maximum atomic E-state index is 12.1. The van der Waals surface area contributed by atoms with Crippen LogP contribution < -0.4 is 10.0 Å². The predicted molar refractivity (Wildman–Crippen MR) is 103 cm³/mol. The van der Waals surface area contributed by atoms with Crippen LogP contribution in [0.15, 0.2) is 24.3 Å². The second kappa shape index (κ2) is 9.92. The molecule has 0 fully saturated rings. The van der Waals surface area contributed by atoms with Gasteiger partial charge < -0.3 is 5.32 Å². The second-order valence-corrected chi connectivity index (χ2v) is 9.79. The van der Waals surface area contributed by atoms with Gasteiger partial charge in [-0.15, -0.1) is 0 Å². The molecule has 0 atom stereocenters. The molecule has 0 aliphatic rings. The number of carbonyl (C=O) groups is 1. The smallest absolute Gasteiger partial charge is 0.251 e. The number of aryl methyl sites for hydroxylation is 1. The summed E-state index contributed by atoms with van der Waals surface area (Å²) < 4.78 is 25.6. The van der Waals surface area contributed by atoms with Crippen molar-refractivity contribution >= 4 is 15.9 Å². The predicted octanol–water partition coefficient (Wildman–Crippen LogP) is 3.26. The summed E-state index contributed by atoms with van der Waals surface area (Å²) in [6.45, 7) is 8.10. The Hall–Kier alpha value is -1.40. The SMILES string of the molecule is CCCCc1ccc(C(=O)NCCCCNS(=O)(=O)C(C)(C)C)cc1. The first-order chi connectivity index (χ1) is 11.7. The van der Waals surface area contributed by atoms with Crippen LogP contribution in [0.25, 0.3) is 0 Å². The minimum atomic E-state index is -3.29. The number of nitrogens with one attached hydrogen (secondary N) is 2. The second-order valence-electron chi connectivity index (χ2n) is 7.27. The normalized spacial score (nSPS) is 12.2. The van der Waals surface area contributed by atoms with Crippen molar-refractivity contribution in [3.8, 4) is 0 Å². The quantitative estimate of drug-likeness (QED) is 0.623. The van der Waals surface area contributed by atoms with E-state index in [4.69, 9.17) is 0 Å². The van der Waals surface area contributed by atoms with E-state index >= 15 is 0 Å². The van der Waals surface area contributed by atoms with Crippen molar-refractivity contribution in [3.05, 3.63) is 35.4 Å².